The maximum Gasteiger partial charge on any atom is 0.186 e. The summed E-state index contributed by atoms with van der Waals surface area (Å²) in [6.45, 7) is 2.28. The molecule has 2 aromatic rings. The largest absolute Gasteiger partial charge is 0.508 e. The Hall–Kier alpha value is -2.17. The van der Waals surface area contributed by atoms with Gasteiger partial charge in [-0.2, -0.15) is 0 Å². The van der Waals surface area contributed by atoms with Crippen molar-refractivity contribution in [2.45, 2.75) is 19.9 Å². The van der Waals surface area contributed by atoms with Gasteiger partial charge in [-0.1, -0.05) is 19.1 Å². The van der Waals surface area contributed by atoms with E-state index in [0.717, 1.165) is 5.56 Å². The molecule has 1 heterocycles. The lowest BCUT2D eigenvalue weighted by molar-refractivity contribution is 0.475. The molecule has 0 atom stereocenters. The normalized spacial score (nSPS) is 10.3. The topological polar surface area (TPSA) is 58.0 Å². The van der Waals surface area contributed by atoms with Crippen molar-refractivity contribution < 1.29 is 9.50 Å². The SMILES string of the molecule is CCc1ncnc(NCc2ccc(O)cc2)c1F. The van der Waals surface area contributed by atoms with Crippen molar-refractivity contribution in [3.05, 3.63) is 47.7 Å². The number of halogens is 1. The second-order valence-corrected chi connectivity index (χ2v) is 3.86. The molecule has 18 heavy (non-hydrogen) atoms. The summed E-state index contributed by atoms with van der Waals surface area (Å²) in [6, 6.07) is 6.71. The van der Waals surface area contributed by atoms with Crippen molar-refractivity contribution in [2.75, 3.05) is 5.32 Å². The fraction of sp³-hybridized carbons (Fsp3) is 0.231. The third-order valence-corrected chi connectivity index (χ3v) is 2.59. The lowest BCUT2D eigenvalue weighted by Crippen LogP contribution is -2.06. The monoisotopic (exact) mass is 247 g/mol. The minimum atomic E-state index is -0.404. The zero-order valence-electron chi connectivity index (χ0n) is 10.0. The molecule has 0 bridgehead atoms. The second kappa shape index (κ2) is 5.44. The quantitative estimate of drug-likeness (QED) is 0.871. The molecule has 0 aliphatic carbocycles. The Morgan fingerprint density at radius 2 is 1.94 bits per heavy atom. The Kier molecular flexibility index (Phi) is 3.72. The van der Waals surface area contributed by atoms with Crippen LogP contribution in [0.4, 0.5) is 10.2 Å². The molecule has 0 unspecified atom stereocenters. The van der Waals surface area contributed by atoms with Crippen molar-refractivity contribution in [3.63, 3.8) is 0 Å². The molecule has 1 aromatic carbocycles. The molecule has 0 radical (unpaired) electrons. The van der Waals surface area contributed by atoms with Crippen LogP contribution in [0.25, 0.3) is 0 Å². The number of phenols is 1. The average molecular weight is 247 g/mol. The smallest absolute Gasteiger partial charge is 0.186 e. The van der Waals surface area contributed by atoms with E-state index in [4.69, 9.17) is 5.11 Å². The van der Waals surface area contributed by atoms with Crippen LogP contribution in [0.3, 0.4) is 0 Å². The minimum Gasteiger partial charge on any atom is -0.508 e. The molecule has 2 rings (SSSR count). The highest BCUT2D eigenvalue weighted by molar-refractivity contribution is 5.38. The summed E-state index contributed by atoms with van der Waals surface area (Å²) in [5, 5.41) is 12.1. The summed E-state index contributed by atoms with van der Waals surface area (Å²) in [6.07, 6.45) is 1.88. The highest BCUT2D eigenvalue weighted by Gasteiger charge is 2.08. The first-order valence-corrected chi connectivity index (χ1v) is 5.72. The first-order chi connectivity index (χ1) is 8.70. The highest BCUT2D eigenvalue weighted by Crippen LogP contribution is 2.15. The Morgan fingerprint density at radius 1 is 1.22 bits per heavy atom. The fourth-order valence-electron chi connectivity index (χ4n) is 1.58. The van der Waals surface area contributed by atoms with Gasteiger partial charge in [0.25, 0.3) is 0 Å². The summed E-state index contributed by atoms with van der Waals surface area (Å²) >= 11 is 0. The number of hydrogen-bond acceptors (Lipinski definition) is 4. The third-order valence-electron chi connectivity index (χ3n) is 2.59. The van der Waals surface area contributed by atoms with Gasteiger partial charge in [-0.3, -0.25) is 0 Å². The first kappa shape index (κ1) is 12.3. The van der Waals surface area contributed by atoms with Gasteiger partial charge in [0.05, 0.1) is 5.69 Å². The van der Waals surface area contributed by atoms with E-state index in [-0.39, 0.29) is 11.6 Å². The Bertz CT molecular complexity index is 528. The molecule has 0 fully saturated rings. The summed E-state index contributed by atoms with van der Waals surface area (Å²) in [4.78, 5) is 7.74. The van der Waals surface area contributed by atoms with Crippen LogP contribution in [0, 0.1) is 5.82 Å². The van der Waals surface area contributed by atoms with Gasteiger partial charge < -0.3 is 10.4 Å². The zero-order valence-corrected chi connectivity index (χ0v) is 10.0. The molecule has 0 amide bonds. The van der Waals surface area contributed by atoms with Crippen LogP contribution in [-0.2, 0) is 13.0 Å². The van der Waals surface area contributed by atoms with Crippen LogP contribution in [-0.4, -0.2) is 15.1 Å². The molecule has 5 heteroatoms. The number of rotatable bonds is 4. The molecule has 94 valence electrons. The van der Waals surface area contributed by atoms with Crippen LogP contribution >= 0.6 is 0 Å². The van der Waals surface area contributed by atoms with E-state index in [1.165, 1.54) is 6.33 Å². The Labute approximate surface area is 105 Å². The molecular weight excluding hydrogens is 233 g/mol. The van der Waals surface area contributed by atoms with Crippen molar-refractivity contribution in [2.24, 2.45) is 0 Å². The average Bonchev–Trinajstić information content (AvgIpc) is 2.39. The molecule has 0 aliphatic rings. The van der Waals surface area contributed by atoms with Gasteiger partial charge in [-0.15, -0.1) is 0 Å². The van der Waals surface area contributed by atoms with E-state index in [1.54, 1.807) is 24.3 Å². The van der Waals surface area contributed by atoms with Gasteiger partial charge in [0.2, 0.25) is 0 Å². The summed E-state index contributed by atoms with van der Waals surface area (Å²) in [5.41, 5.74) is 1.34. The minimum absolute atomic E-state index is 0.204. The number of aromatic hydroxyl groups is 1. The van der Waals surface area contributed by atoms with Crippen LogP contribution < -0.4 is 5.32 Å². The van der Waals surface area contributed by atoms with E-state index in [2.05, 4.69) is 15.3 Å². The molecule has 0 spiro atoms. The van der Waals surface area contributed by atoms with Crippen molar-refractivity contribution in [1.82, 2.24) is 9.97 Å². The van der Waals surface area contributed by atoms with E-state index in [0.29, 0.717) is 18.7 Å². The van der Waals surface area contributed by atoms with Crippen LogP contribution in [0.1, 0.15) is 18.2 Å². The fourth-order valence-corrected chi connectivity index (χ4v) is 1.58. The highest BCUT2D eigenvalue weighted by atomic mass is 19.1. The number of anilines is 1. The molecule has 0 saturated heterocycles. The summed E-state index contributed by atoms with van der Waals surface area (Å²) in [5.74, 6) is 0.00828. The number of aryl methyl sites for hydroxylation is 1. The number of aromatic nitrogens is 2. The molecule has 2 N–H and O–H groups in total. The van der Waals surface area contributed by atoms with Gasteiger partial charge in [-0.05, 0) is 24.1 Å². The third kappa shape index (κ3) is 2.74. The maximum atomic E-state index is 13.8. The number of benzene rings is 1. The molecular formula is C13H14FN3O. The number of hydrogen-bond donors (Lipinski definition) is 2. The Morgan fingerprint density at radius 3 is 2.61 bits per heavy atom. The van der Waals surface area contributed by atoms with Crippen LogP contribution in [0.15, 0.2) is 30.6 Å². The van der Waals surface area contributed by atoms with Crippen LogP contribution in [0.5, 0.6) is 5.75 Å². The maximum absolute atomic E-state index is 13.8. The number of nitrogens with zero attached hydrogens (tertiary/aromatic N) is 2. The van der Waals surface area contributed by atoms with Crippen molar-refractivity contribution in [1.29, 1.82) is 0 Å². The van der Waals surface area contributed by atoms with Gasteiger partial charge in [0, 0.05) is 6.54 Å². The van der Waals surface area contributed by atoms with Gasteiger partial charge in [0.15, 0.2) is 11.6 Å². The summed E-state index contributed by atoms with van der Waals surface area (Å²) in [7, 11) is 0. The molecule has 1 aromatic heterocycles. The van der Waals surface area contributed by atoms with Crippen molar-refractivity contribution in [3.8, 4) is 5.75 Å². The number of phenolic OH excluding ortho intramolecular Hbond substituents is 1. The van der Waals surface area contributed by atoms with Crippen molar-refractivity contribution >= 4 is 5.82 Å². The first-order valence-electron chi connectivity index (χ1n) is 5.72. The number of nitrogens with one attached hydrogen (secondary N) is 1. The van der Waals surface area contributed by atoms with Crippen LogP contribution in [0.2, 0.25) is 0 Å². The molecule has 4 nitrogen and oxygen atoms in total. The lowest BCUT2D eigenvalue weighted by Gasteiger charge is -2.08. The van der Waals surface area contributed by atoms with E-state index < -0.39 is 5.82 Å². The lowest BCUT2D eigenvalue weighted by atomic mass is 10.2. The van der Waals surface area contributed by atoms with E-state index in [9.17, 15) is 4.39 Å². The zero-order chi connectivity index (χ0) is 13.0. The van der Waals surface area contributed by atoms with E-state index in [1.807, 2.05) is 6.92 Å². The predicted octanol–water partition coefficient (Wildman–Crippen LogP) is 2.50. The van der Waals surface area contributed by atoms with E-state index >= 15 is 0 Å². The van der Waals surface area contributed by atoms with Gasteiger partial charge in [0.1, 0.15) is 12.1 Å². The Balaban J connectivity index is 2.08. The molecule has 0 saturated carbocycles. The standard InChI is InChI=1S/C13H14FN3O/c1-2-11-12(14)13(17-8-16-11)15-7-9-3-5-10(18)6-4-9/h3-6,8,18H,2,7H2,1H3,(H,15,16,17). The molecule has 0 aliphatic heterocycles. The second-order valence-electron chi connectivity index (χ2n) is 3.86. The summed E-state index contributed by atoms with van der Waals surface area (Å²) < 4.78 is 13.8. The predicted molar refractivity (Wildman–Crippen MR) is 66.8 cm³/mol. The van der Waals surface area contributed by atoms with Gasteiger partial charge >= 0.3 is 0 Å². The van der Waals surface area contributed by atoms with Gasteiger partial charge in [-0.25, -0.2) is 14.4 Å².